The predicted octanol–water partition coefficient (Wildman–Crippen LogP) is 6.53. The summed E-state index contributed by atoms with van der Waals surface area (Å²) in [6.45, 7) is 0. The van der Waals surface area contributed by atoms with Gasteiger partial charge in [-0.05, 0) is 48.6 Å². The molecule has 3 aromatic rings. The van der Waals surface area contributed by atoms with Gasteiger partial charge in [-0.15, -0.1) is 0 Å². The van der Waals surface area contributed by atoms with Gasteiger partial charge in [0, 0.05) is 22.6 Å². The van der Waals surface area contributed by atoms with Gasteiger partial charge in [-0.3, -0.25) is 0 Å². The Bertz CT molecular complexity index is 1100. The Morgan fingerprint density at radius 3 is 2.31 bits per heavy atom. The Morgan fingerprint density at radius 1 is 1.03 bits per heavy atom. The van der Waals surface area contributed by atoms with E-state index in [1.165, 1.54) is 12.1 Å². The largest absolute Gasteiger partial charge is 0.479 e. The molecule has 0 heterocycles. The molecule has 3 rings (SSSR count). The highest BCUT2D eigenvalue weighted by molar-refractivity contribution is 6.30. The molecule has 0 radical (unpaired) electrons. The minimum Gasteiger partial charge on any atom is -0.479 e. The summed E-state index contributed by atoms with van der Waals surface area (Å²) < 4.78 is 30.1. The molecular formula is C25H22ClF2NO3. The molecule has 0 aliphatic rings. The van der Waals surface area contributed by atoms with Gasteiger partial charge >= 0.3 is 5.97 Å². The maximum absolute atomic E-state index is 15.3. The molecule has 0 bridgehead atoms. The van der Waals surface area contributed by atoms with Crippen molar-refractivity contribution in [2.24, 2.45) is 5.16 Å². The molecule has 4 nitrogen and oxygen atoms in total. The molecule has 0 aromatic heterocycles. The number of rotatable bonds is 9. The number of hydrogen-bond donors (Lipinski definition) is 2. The first kappa shape index (κ1) is 23.4. The Kier molecular flexibility index (Phi) is 7.59. The molecule has 3 aromatic carbocycles. The second-order valence-corrected chi connectivity index (χ2v) is 7.97. The zero-order chi connectivity index (χ0) is 23.1. The van der Waals surface area contributed by atoms with Gasteiger partial charge in [0.15, 0.2) is 0 Å². The molecule has 32 heavy (non-hydrogen) atoms. The van der Waals surface area contributed by atoms with Crippen molar-refractivity contribution in [2.75, 3.05) is 0 Å². The van der Waals surface area contributed by atoms with Crippen LogP contribution in [-0.2, 0) is 11.2 Å². The number of aliphatic carboxylic acids is 1. The number of halogens is 3. The third-order valence-corrected chi connectivity index (χ3v) is 5.54. The van der Waals surface area contributed by atoms with Crippen molar-refractivity contribution < 1.29 is 23.9 Å². The number of benzene rings is 3. The number of aryl methyl sites for hydroxylation is 1. The molecule has 0 aliphatic carbocycles. The molecule has 1 atom stereocenters. The summed E-state index contributed by atoms with van der Waals surface area (Å²) in [5, 5.41) is 22.5. The van der Waals surface area contributed by atoms with Crippen LogP contribution in [0.5, 0.6) is 0 Å². The van der Waals surface area contributed by atoms with Crippen molar-refractivity contribution in [3.05, 3.63) is 94.8 Å². The zero-order valence-corrected chi connectivity index (χ0v) is 17.9. The van der Waals surface area contributed by atoms with Crippen molar-refractivity contribution in [2.45, 2.75) is 31.4 Å². The van der Waals surface area contributed by atoms with Crippen LogP contribution in [0.15, 0.2) is 78.0 Å². The van der Waals surface area contributed by atoms with Crippen LogP contribution in [0.3, 0.4) is 0 Å². The van der Waals surface area contributed by atoms with Gasteiger partial charge in [0.2, 0.25) is 5.67 Å². The minimum absolute atomic E-state index is 0.106. The number of nitrogens with zero attached hydrogens (tertiary/aromatic N) is 1. The van der Waals surface area contributed by atoms with Crippen LogP contribution in [-0.4, -0.2) is 27.7 Å². The van der Waals surface area contributed by atoms with Gasteiger partial charge in [0.05, 0.1) is 5.71 Å². The van der Waals surface area contributed by atoms with E-state index in [-0.39, 0.29) is 29.7 Å². The SMILES string of the molecule is O=C(O)C(F)(CCCc1ccccc1)CC(=NO)c1ccc(-c2ccc(Cl)cc2)c(F)c1. The molecule has 2 N–H and O–H groups in total. The van der Waals surface area contributed by atoms with Crippen LogP contribution < -0.4 is 0 Å². The first-order chi connectivity index (χ1) is 15.3. The molecule has 0 amide bonds. The van der Waals surface area contributed by atoms with Gasteiger partial charge in [-0.25, -0.2) is 13.6 Å². The van der Waals surface area contributed by atoms with Crippen LogP contribution >= 0.6 is 11.6 Å². The molecule has 0 fully saturated rings. The number of carboxylic acid groups (broad SMARTS) is 1. The number of alkyl halides is 1. The Labute approximate surface area is 189 Å². The number of oxime groups is 1. The van der Waals surface area contributed by atoms with E-state index in [9.17, 15) is 19.5 Å². The molecule has 0 saturated carbocycles. The van der Waals surface area contributed by atoms with Crippen molar-refractivity contribution in [3.8, 4) is 11.1 Å². The summed E-state index contributed by atoms with van der Waals surface area (Å²) >= 11 is 5.86. The second-order valence-electron chi connectivity index (χ2n) is 7.53. The highest BCUT2D eigenvalue weighted by Crippen LogP contribution is 2.29. The van der Waals surface area contributed by atoms with E-state index in [2.05, 4.69) is 5.16 Å². The monoisotopic (exact) mass is 457 g/mol. The van der Waals surface area contributed by atoms with E-state index in [0.717, 1.165) is 11.6 Å². The summed E-state index contributed by atoms with van der Waals surface area (Å²) in [6.07, 6.45) is -0.167. The lowest BCUT2D eigenvalue weighted by Gasteiger charge is -2.21. The lowest BCUT2D eigenvalue weighted by Crippen LogP contribution is -2.36. The Hall–Kier alpha value is -3.25. The minimum atomic E-state index is -2.65. The molecular weight excluding hydrogens is 436 g/mol. The van der Waals surface area contributed by atoms with Gasteiger partial charge < -0.3 is 10.3 Å². The molecule has 166 valence electrons. The third-order valence-electron chi connectivity index (χ3n) is 5.29. The number of carbonyl (C=O) groups is 1. The van der Waals surface area contributed by atoms with E-state index in [1.807, 2.05) is 30.3 Å². The van der Waals surface area contributed by atoms with Crippen LogP contribution in [0, 0.1) is 5.82 Å². The van der Waals surface area contributed by atoms with E-state index in [0.29, 0.717) is 17.0 Å². The van der Waals surface area contributed by atoms with E-state index < -0.39 is 23.9 Å². The molecule has 0 saturated heterocycles. The second kappa shape index (κ2) is 10.4. The van der Waals surface area contributed by atoms with Crippen molar-refractivity contribution in [3.63, 3.8) is 0 Å². The van der Waals surface area contributed by atoms with Crippen LogP contribution in [0.4, 0.5) is 8.78 Å². The maximum atomic E-state index is 15.3. The lowest BCUT2D eigenvalue weighted by atomic mass is 9.89. The van der Waals surface area contributed by atoms with Crippen molar-refractivity contribution in [1.29, 1.82) is 0 Å². The average molecular weight is 458 g/mol. The fourth-order valence-corrected chi connectivity index (χ4v) is 3.63. The van der Waals surface area contributed by atoms with Crippen LogP contribution in [0.25, 0.3) is 11.1 Å². The summed E-state index contributed by atoms with van der Waals surface area (Å²) in [6, 6.07) is 19.9. The van der Waals surface area contributed by atoms with E-state index in [4.69, 9.17) is 11.6 Å². The highest BCUT2D eigenvalue weighted by atomic mass is 35.5. The van der Waals surface area contributed by atoms with Crippen LogP contribution in [0.1, 0.15) is 30.4 Å². The summed E-state index contributed by atoms with van der Waals surface area (Å²) in [5.74, 6) is -2.26. The molecule has 0 spiro atoms. The van der Waals surface area contributed by atoms with Crippen molar-refractivity contribution >= 4 is 23.3 Å². The van der Waals surface area contributed by atoms with Gasteiger partial charge in [0.1, 0.15) is 5.82 Å². The maximum Gasteiger partial charge on any atom is 0.341 e. The number of hydrogen-bond acceptors (Lipinski definition) is 3. The third kappa shape index (κ3) is 5.71. The lowest BCUT2D eigenvalue weighted by molar-refractivity contribution is -0.151. The fraction of sp³-hybridized carbons (Fsp3) is 0.200. The zero-order valence-electron chi connectivity index (χ0n) is 17.1. The van der Waals surface area contributed by atoms with Crippen LogP contribution in [0.2, 0.25) is 5.02 Å². The predicted molar refractivity (Wildman–Crippen MR) is 121 cm³/mol. The summed E-state index contributed by atoms with van der Waals surface area (Å²) in [4.78, 5) is 11.7. The molecule has 1 unspecified atom stereocenters. The van der Waals surface area contributed by atoms with E-state index in [1.54, 1.807) is 24.3 Å². The highest BCUT2D eigenvalue weighted by Gasteiger charge is 2.40. The van der Waals surface area contributed by atoms with Crippen molar-refractivity contribution in [1.82, 2.24) is 0 Å². The normalized spacial score (nSPS) is 13.5. The standard InChI is InChI=1S/C25H22ClF2NO3/c26-20-11-8-18(9-12-20)21-13-10-19(15-22(21)27)23(29-32)16-25(28,24(30)31)14-4-7-17-5-2-1-3-6-17/h1-3,5-6,8-13,15,32H,4,7,14,16H2,(H,30,31). The molecule has 0 aliphatic heterocycles. The average Bonchev–Trinajstić information content (AvgIpc) is 2.79. The summed E-state index contributed by atoms with van der Waals surface area (Å²) in [5.41, 5.74) is -0.939. The summed E-state index contributed by atoms with van der Waals surface area (Å²) in [7, 11) is 0. The van der Waals surface area contributed by atoms with Gasteiger partial charge in [-0.1, -0.05) is 71.4 Å². The first-order valence-corrected chi connectivity index (χ1v) is 10.4. The first-order valence-electron chi connectivity index (χ1n) is 10.1. The number of carboxylic acids is 1. The molecule has 7 heteroatoms. The Balaban J connectivity index is 1.76. The van der Waals surface area contributed by atoms with Gasteiger partial charge in [-0.2, -0.15) is 0 Å². The van der Waals surface area contributed by atoms with E-state index >= 15 is 4.39 Å². The smallest absolute Gasteiger partial charge is 0.341 e. The van der Waals surface area contributed by atoms with Gasteiger partial charge in [0.25, 0.3) is 0 Å². The topological polar surface area (TPSA) is 69.9 Å². The Morgan fingerprint density at radius 2 is 1.72 bits per heavy atom. The fourth-order valence-electron chi connectivity index (χ4n) is 3.51. The quantitative estimate of drug-likeness (QED) is 0.218.